The summed E-state index contributed by atoms with van der Waals surface area (Å²) in [6.07, 6.45) is 8.96. The molecule has 7 heteroatoms. The first-order chi connectivity index (χ1) is 34.0. The molecule has 0 atom stereocenters. The van der Waals surface area contributed by atoms with Crippen LogP contribution in [0, 0.1) is 0 Å². The van der Waals surface area contributed by atoms with E-state index >= 15 is 0 Å². The first kappa shape index (κ1) is 48.8. The molecular weight excluding hydrogens is 849 g/mol. The number of hydrogen-bond donors (Lipinski definition) is 1. The van der Waals surface area contributed by atoms with E-state index < -0.39 is 0 Å². The topological polar surface area (TPSA) is 57.3 Å². The highest BCUT2D eigenvalue weighted by Crippen LogP contribution is 2.29. The summed E-state index contributed by atoms with van der Waals surface area (Å²) >= 11 is 0. The molecule has 2 fully saturated rings. The number of anilines is 2. The summed E-state index contributed by atoms with van der Waals surface area (Å²) in [4.78, 5) is 21.1. The van der Waals surface area contributed by atoms with Gasteiger partial charge in [-0.25, -0.2) is 0 Å². The number of ether oxygens (including phenoxy) is 2. The minimum Gasteiger partial charge on any atom is -0.489 e. The van der Waals surface area contributed by atoms with Crippen molar-refractivity contribution < 1.29 is 14.3 Å². The second-order valence-electron chi connectivity index (χ2n) is 18.6. The number of carbonyl (C=O) groups is 1. The molecule has 69 heavy (non-hydrogen) atoms. The Morgan fingerprint density at radius 2 is 0.957 bits per heavy atom. The van der Waals surface area contributed by atoms with Crippen LogP contribution in [0.15, 0.2) is 194 Å². The molecule has 0 aliphatic carbocycles. The van der Waals surface area contributed by atoms with E-state index in [0.29, 0.717) is 19.3 Å². The highest BCUT2D eigenvalue weighted by atomic mass is 16.5. The molecular formula is C62H70N4O3. The Bertz CT molecular complexity index is 2510. The molecule has 1 amide bonds. The number of aryl methyl sites for hydroxylation is 1. The fraction of sp³-hybridized carbons (Fsp3) is 0.306. The molecule has 1 N–H and O–H groups in total. The quantitative estimate of drug-likeness (QED) is 0.0816. The van der Waals surface area contributed by atoms with Crippen molar-refractivity contribution in [2.75, 3.05) is 36.4 Å². The van der Waals surface area contributed by atoms with Crippen molar-refractivity contribution in [3.63, 3.8) is 0 Å². The van der Waals surface area contributed by atoms with E-state index in [9.17, 15) is 4.79 Å². The largest absolute Gasteiger partial charge is 0.489 e. The van der Waals surface area contributed by atoms with Gasteiger partial charge in [0.1, 0.15) is 24.7 Å². The van der Waals surface area contributed by atoms with Gasteiger partial charge in [0, 0.05) is 68.3 Å². The minimum absolute atomic E-state index is 0.0737. The summed E-state index contributed by atoms with van der Waals surface area (Å²) in [6, 6.07) is 67.2. The van der Waals surface area contributed by atoms with Gasteiger partial charge in [0.15, 0.2) is 0 Å². The third kappa shape index (κ3) is 15.4. The van der Waals surface area contributed by atoms with Crippen LogP contribution in [0.25, 0.3) is 0 Å². The van der Waals surface area contributed by atoms with Gasteiger partial charge in [0.2, 0.25) is 0 Å². The third-order valence-electron chi connectivity index (χ3n) is 13.3. The normalized spacial score (nSPS) is 14.6. The van der Waals surface area contributed by atoms with Crippen molar-refractivity contribution in [1.82, 2.24) is 9.80 Å². The third-order valence-corrected chi connectivity index (χ3v) is 13.3. The summed E-state index contributed by atoms with van der Waals surface area (Å²) in [5.74, 6) is 1.79. The first-order valence-corrected chi connectivity index (χ1v) is 25.3. The van der Waals surface area contributed by atoms with Crippen LogP contribution in [0.3, 0.4) is 0 Å². The fourth-order valence-corrected chi connectivity index (χ4v) is 9.35. The Morgan fingerprint density at radius 3 is 1.43 bits per heavy atom. The molecule has 7 aromatic rings. The predicted molar refractivity (Wildman–Crippen MR) is 284 cm³/mol. The van der Waals surface area contributed by atoms with Gasteiger partial charge in [-0.2, -0.15) is 0 Å². The minimum atomic E-state index is 0.0737. The number of hydrogen-bond acceptors (Lipinski definition) is 6. The molecule has 7 nitrogen and oxygen atoms in total. The number of piperidine rings is 2. The monoisotopic (exact) mass is 919 g/mol. The molecule has 9 rings (SSSR count). The predicted octanol–water partition coefficient (Wildman–Crippen LogP) is 13.7. The van der Waals surface area contributed by atoms with Crippen molar-refractivity contribution in [1.29, 1.82) is 0 Å². The number of nitrogens with one attached hydrogen (secondary N) is 1. The molecule has 2 aliphatic rings. The second kappa shape index (κ2) is 26.2. The summed E-state index contributed by atoms with van der Waals surface area (Å²) in [5.41, 5.74) is 9.21. The Balaban J connectivity index is 0.000000200. The molecule has 2 saturated heterocycles. The Labute approximate surface area is 411 Å². The van der Waals surface area contributed by atoms with Crippen molar-refractivity contribution in [3.05, 3.63) is 228 Å². The summed E-state index contributed by atoms with van der Waals surface area (Å²) in [5, 5.41) is 3.68. The lowest BCUT2D eigenvalue weighted by atomic mass is 9.99. The molecule has 2 heterocycles. The number of benzene rings is 7. The summed E-state index contributed by atoms with van der Waals surface area (Å²) in [7, 11) is 0. The number of nitrogens with zero attached hydrogens (tertiary/aromatic N) is 3. The van der Waals surface area contributed by atoms with E-state index in [-0.39, 0.29) is 11.9 Å². The lowest BCUT2D eigenvalue weighted by molar-refractivity contribution is 0.0958. The molecule has 0 bridgehead atoms. The summed E-state index contributed by atoms with van der Waals surface area (Å²) < 4.78 is 11.9. The number of likely N-dealkylation sites (tertiary alicyclic amines) is 2. The van der Waals surface area contributed by atoms with Crippen LogP contribution in [-0.4, -0.2) is 54.0 Å². The Kier molecular flexibility index (Phi) is 18.5. The van der Waals surface area contributed by atoms with Crippen molar-refractivity contribution in [2.45, 2.75) is 96.7 Å². The number of rotatable bonds is 19. The standard InChI is InChI=1S/C37H42N2O2.C25H28N2O/c1-2-3-6-11-30-16-18-33(19-17-30)37(40)39(35-24-26-38(27-25-35)28-31-12-7-4-8-13-31)34-20-22-36(23-21-34)41-29-32-14-9-5-10-15-32;1-3-7-21(8-4-1)19-27-17-15-24(16-18-27)26-23-11-13-25(14-12-23)28-20-22-9-5-2-6-10-22/h4-5,7-10,12-23,35H,2-3,6,11,24-29H2,1H3;1-14,24,26H,15-20H2. The van der Waals surface area contributed by atoms with Crippen LogP contribution in [0.4, 0.5) is 11.4 Å². The van der Waals surface area contributed by atoms with Gasteiger partial charge in [0.25, 0.3) is 5.91 Å². The van der Waals surface area contributed by atoms with E-state index in [1.165, 1.54) is 60.0 Å². The lowest BCUT2D eigenvalue weighted by Gasteiger charge is -2.38. The zero-order chi connectivity index (χ0) is 47.3. The molecule has 0 radical (unpaired) electrons. The van der Waals surface area contributed by atoms with Crippen LogP contribution in [0.1, 0.15) is 90.0 Å². The van der Waals surface area contributed by atoms with Gasteiger partial charge in [0.05, 0.1) is 0 Å². The van der Waals surface area contributed by atoms with Crippen LogP contribution in [-0.2, 0) is 32.7 Å². The highest BCUT2D eigenvalue weighted by molar-refractivity contribution is 6.06. The van der Waals surface area contributed by atoms with Gasteiger partial charge in [-0.05, 0) is 127 Å². The maximum Gasteiger partial charge on any atom is 0.258 e. The van der Waals surface area contributed by atoms with Gasteiger partial charge in [-0.3, -0.25) is 14.6 Å². The molecule has 356 valence electrons. The Hall–Kier alpha value is -6.67. The van der Waals surface area contributed by atoms with Gasteiger partial charge < -0.3 is 19.7 Å². The molecule has 0 spiro atoms. The highest BCUT2D eigenvalue weighted by Gasteiger charge is 2.30. The zero-order valence-electron chi connectivity index (χ0n) is 40.5. The van der Waals surface area contributed by atoms with E-state index in [4.69, 9.17) is 9.47 Å². The molecule has 0 aromatic heterocycles. The van der Waals surface area contributed by atoms with E-state index in [2.05, 4.69) is 143 Å². The number of carbonyl (C=O) groups excluding carboxylic acids is 1. The number of unbranched alkanes of at least 4 members (excludes halogenated alkanes) is 2. The van der Waals surface area contributed by atoms with Crippen LogP contribution in [0.2, 0.25) is 0 Å². The SMILES string of the molecule is CCCCCc1ccc(C(=O)N(c2ccc(OCc3ccccc3)cc2)C2CCN(Cc3ccccc3)CC2)cc1.c1ccc(COc2ccc(NC3CCN(Cc4ccccc4)CC3)cc2)cc1. The molecule has 0 saturated carbocycles. The number of amides is 1. The van der Waals surface area contributed by atoms with Crippen molar-refractivity contribution in [3.8, 4) is 11.5 Å². The zero-order valence-corrected chi connectivity index (χ0v) is 40.5. The van der Waals surface area contributed by atoms with Crippen molar-refractivity contribution >= 4 is 17.3 Å². The Morgan fingerprint density at radius 1 is 0.507 bits per heavy atom. The smallest absolute Gasteiger partial charge is 0.258 e. The maximum atomic E-state index is 14.1. The second-order valence-corrected chi connectivity index (χ2v) is 18.6. The van der Waals surface area contributed by atoms with Crippen LogP contribution in [0.5, 0.6) is 11.5 Å². The average Bonchev–Trinajstić information content (AvgIpc) is 3.41. The first-order valence-electron chi connectivity index (χ1n) is 25.3. The molecule has 2 aliphatic heterocycles. The molecule has 7 aromatic carbocycles. The van der Waals surface area contributed by atoms with E-state index in [1.54, 1.807) is 0 Å². The fourth-order valence-electron chi connectivity index (χ4n) is 9.35. The maximum absolute atomic E-state index is 14.1. The van der Waals surface area contributed by atoms with Gasteiger partial charge in [-0.15, -0.1) is 0 Å². The van der Waals surface area contributed by atoms with Gasteiger partial charge >= 0.3 is 0 Å². The molecule has 0 unspecified atom stereocenters. The van der Waals surface area contributed by atoms with Crippen LogP contribution < -0.4 is 19.7 Å². The average molecular weight is 919 g/mol. The van der Waals surface area contributed by atoms with E-state index in [0.717, 1.165) is 86.8 Å². The van der Waals surface area contributed by atoms with Gasteiger partial charge in [-0.1, -0.05) is 153 Å². The summed E-state index contributed by atoms with van der Waals surface area (Å²) in [6.45, 7) is 9.59. The van der Waals surface area contributed by atoms with Crippen molar-refractivity contribution in [2.24, 2.45) is 0 Å². The lowest BCUT2D eigenvalue weighted by Crippen LogP contribution is -2.47. The van der Waals surface area contributed by atoms with E-state index in [1.807, 2.05) is 77.7 Å². The van der Waals surface area contributed by atoms with Crippen LogP contribution >= 0.6 is 0 Å².